The molecule has 0 saturated heterocycles. The minimum atomic E-state index is -0.594. The fourth-order valence-corrected chi connectivity index (χ4v) is 2.56. The van der Waals surface area contributed by atoms with E-state index in [1.807, 2.05) is 37.3 Å². The molecule has 0 saturated carbocycles. The molecule has 2 aromatic rings. The SMILES string of the molecule is C[C@H](NC(=O)COC(=O)CCC(=O)Nc1ccc(Br)cc1)c1ccccc1. The van der Waals surface area contributed by atoms with E-state index in [0.29, 0.717) is 5.69 Å². The van der Waals surface area contributed by atoms with Crippen LogP contribution in [0, 0.1) is 0 Å². The minimum Gasteiger partial charge on any atom is -0.456 e. The zero-order valence-corrected chi connectivity index (χ0v) is 16.5. The lowest BCUT2D eigenvalue weighted by molar-refractivity contribution is -0.149. The van der Waals surface area contributed by atoms with Gasteiger partial charge in [-0.1, -0.05) is 46.3 Å². The number of nitrogens with one attached hydrogen (secondary N) is 2. The molecular formula is C20H21BrN2O4. The Labute approximate surface area is 166 Å². The van der Waals surface area contributed by atoms with E-state index in [1.54, 1.807) is 24.3 Å². The number of rotatable bonds is 8. The first-order valence-corrected chi connectivity index (χ1v) is 9.28. The molecule has 0 fully saturated rings. The van der Waals surface area contributed by atoms with Crippen molar-refractivity contribution in [1.29, 1.82) is 0 Å². The predicted molar refractivity (Wildman–Crippen MR) is 106 cm³/mol. The fraction of sp³-hybridized carbons (Fsp3) is 0.250. The van der Waals surface area contributed by atoms with E-state index < -0.39 is 5.97 Å². The number of carbonyl (C=O) groups excluding carboxylic acids is 3. The highest BCUT2D eigenvalue weighted by Crippen LogP contribution is 2.14. The van der Waals surface area contributed by atoms with Crippen LogP contribution in [0.3, 0.4) is 0 Å². The van der Waals surface area contributed by atoms with Crippen molar-refractivity contribution in [2.75, 3.05) is 11.9 Å². The molecule has 27 heavy (non-hydrogen) atoms. The van der Waals surface area contributed by atoms with Gasteiger partial charge in [0, 0.05) is 16.6 Å². The Morgan fingerprint density at radius 2 is 1.63 bits per heavy atom. The zero-order chi connectivity index (χ0) is 19.6. The summed E-state index contributed by atoms with van der Waals surface area (Å²) in [5.74, 6) is -1.28. The monoisotopic (exact) mass is 432 g/mol. The van der Waals surface area contributed by atoms with Gasteiger partial charge >= 0.3 is 5.97 Å². The van der Waals surface area contributed by atoms with Gasteiger partial charge in [0.1, 0.15) is 0 Å². The van der Waals surface area contributed by atoms with Crippen molar-refractivity contribution in [1.82, 2.24) is 5.32 Å². The van der Waals surface area contributed by atoms with Crippen molar-refractivity contribution >= 4 is 39.4 Å². The summed E-state index contributed by atoms with van der Waals surface area (Å²) in [6.07, 6.45) is -0.110. The van der Waals surface area contributed by atoms with Crippen molar-refractivity contribution in [3.8, 4) is 0 Å². The van der Waals surface area contributed by atoms with Gasteiger partial charge < -0.3 is 15.4 Å². The van der Waals surface area contributed by atoms with Crippen molar-refractivity contribution in [3.05, 3.63) is 64.6 Å². The standard InChI is InChI=1S/C20H21BrN2O4/c1-14(15-5-3-2-4-6-15)22-19(25)13-27-20(26)12-11-18(24)23-17-9-7-16(21)8-10-17/h2-10,14H,11-13H2,1H3,(H,22,25)(H,23,24)/t14-/m0/s1. The Bertz CT molecular complexity index is 778. The van der Waals surface area contributed by atoms with Crippen molar-refractivity contribution < 1.29 is 19.1 Å². The second-order valence-electron chi connectivity index (χ2n) is 5.92. The number of benzene rings is 2. The third-order valence-corrected chi connectivity index (χ3v) is 4.25. The van der Waals surface area contributed by atoms with Crippen LogP contribution in [0.4, 0.5) is 5.69 Å². The van der Waals surface area contributed by atoms with Crippen LogP contribution in [0.15, 0.2) is 59.1 Å². The summed E-state index contributed by atoms with van der Waals surface area (Å²) in [4.78, 5) is 35.4. The zero-order valence-electron chi connectivity index (χ0n) is 14.9. The lowest BCUT2D eigenvalue weighted by atomic mass is 10.1. The van der Waals surface area contributed by atoms with Gasteiger partial charge in [-0.3, -0.25) is 14.4 Å². The highest BCUT2D eigenvalue weighted by molar-refractivity contribution is 9.10. The highest BCUT2D eigenvalue weighted by atomic mass is 79.9. The lowest BCUT2D eigenvalue weighted by Crippen LogP contribution is -2.31. The molecule has 6 nitrogen and oxygen atoms in total. The largest absolute Gasteiger partial charge is 0.456 e. The van der Waals surface area contributed by atoms with Gasteiger partial charge in [0.2, 0.25) is 5.91 Å². The van der Waals surface area contributed by atoms with Gasteiger partial charge in [-0.2, -0.15) is 0 Å². The van der Waals surface area contributed by atoms with Crippen LogP contribution >= 0.6 is 15.9 Å². The van der Waals surface area contributed by atoms with Gasteiger partial charge in [-0.05, 0) is 36.8 Å². The summed E-state index contributed by atoms with van der Waals surface area (Å²) in [6.45, 7) is 1.48. The minimum absolute atomic E-state index is 0.0169. The first-order valence-electron chi connectivity index (χ1n) is 8.49. The first-order chi connectivity index (χ1) is 12.9. The number of carbonyl (C=O) groups is 3. The van der Waals surface area contributed by atoms with Crippen LogP contribution in [0.2, 0.25) is 0 Å². The van der Waals surface area contributed by atoms with E-state index in [0.717, 1.165) is 10.0 Å². The number of ether oxygens (including phenoxy) is 1. The van der Waals surface area contributed by atoms with Gasteiger partial charge in [-0.25, -0.2) is 0 Å². The maximum atomic E-state index is 11.9. The Morgan fingerprint density at radius 1 is 0.963 bits per heavy atom. The molecular weight excluding hydrogens is 412 g/mol. The third kappa shape index (κ3) is 7.62. The van der Waals surface area contributed by atoms with Gasteiger partial charge in [0.25, 0.3) is 5.91 Å². The maximum Gasteiger partial charge on any atom is 0.306 e. The van der Waals surface area contributed by atoms with E-state index >= 15 is 0 Å². The molecule has 0 unspecified atom stereocenters. The van der Waals surface area contributed by atoms with E-state index in [2.05, 4.69) is 26.6 Å². The molecule has 7 heteroatoms. The molecule has 0 heterocycles. The molecule has 0 spiro atoms. The molecule has 0 aliphatic carbocycles. The first kappa shape index (κ1) is 20.6. The van der Waals surface area contributed by atoms with Crippen molar-refractivity contribution in [2.24, 2.45) is 0 Å². The van der Waals surface area contributed by atoms with E-state index in [1.165, 1.54) is 0 Å². The lowest BCUT2D eigenvalue weighted by Gasteiger charge is -2.14. The van der Waals surface area contributed by atoms with Crippen LogP contribution in [0.5, 0.6) is 0 Å². The maximum absolute atomic E-state index is 11.9. The smallest absolute Gasteiger partial charge is 0.306 e. The molecule has 0 bridgehead atoms. The fourth-order valence-electron chi connectivity index (χ4n) is 2.30. The number of hydrogen-bond donors (Lipinski definition) is 2. The van der Waals surface area contributed by atoms with Crippen molar-refractivity contribution in [3.63, 3.8) is 0 Å². The van der Waals surface area contributed by atoms with Gasteiger partial charge in [0.15, 0.2) is 6.61 Å². The number of anilines is 1. The molecule has 2 N–H and O–H groups in total. The number of halogens is 1. The summed E-state index contributed by atoms with van der Waals surface area (Å²) in [7, 11) is 0. The van der Waals surface area contributed by atoms with Gasteiger partial charge in [0.05, 0.1) is 12.5 Å². The highest BCUT2D eigenvalue weighted by Gasteiger charge is 2.13. The molecule has 2 aromatic carbocycles. The second kappa shape index (κ2) is 10.5. The molecule has 1 atom stereocenters. The Hall–Kier alpha value is -2.67. The average molecular weight is 433 g/mol. The van der Waals surface area contributed by atoms with Crippen LogP contribution in [0.1, 0.15) is 31.4 Å². The Balaban J connectivity index is 1.65. The third-order valence-electron chi connectivity index (χ3n) is 3.73. The summed E-state index contributed by atoms with van der Waals surface area (Å²) < 4.78 is 5.83. The average Bonchev–Trinajstić information content (AvgIpc) is 2.67. The Kier molecular flexibility index (Phi) is 8.00. The molecule has 0 aliphatic heterocycles. The summed E-state index contributed by atoms with van der Waals surface area (Å²) in [5, 5.41) is 5.44. The van der Waals surface area contributed by atoms with Crippen LogP contribution in [-0.4, -0.2) is 24.4 Å². The van der Waals surface area contributed by atoms with Crippen molar-refractivity contribution in [2.45, 2.75) is 25.8 Å². The van der Waals surface area contributed by atoms with E-state index in [9.17, 15) is 14.4 Å². The van der Waals surface area contributed by atoms with E-state index in [-0.39, 0.29) is 37.3 Å². The molecule has 142 valence electrons. The van der Waals surface area contributed by atoms with E-state index in [4.69, 9.17) is 4.74 Å². The summed E-state index contributed by atoms with van der Waals surface area (Å²) in [6, 6.07) is 16.4. The molecule has 2 rings (SSSR count). The van der Waals surface area contributed by atoms with Crippen LogP contribution < -0.4 is 10.6 Å². The number of hydrogen-bond acceptors (Lipinski definition) is 4. The Morgan fingerprint density at radius 3 is 2.30 bits per heavy atom. The second-order valence-corrected chi connectivity index (χ2v) is 6.83. The van der Waals surface area contributed by atoms with Crippen LogP contribution in [-0.2, 0) is 19.1 Å². The molecule has 0 aliphatic rings. The predicted octanol–water partition coefficient (Wildman–Crippen LogP) is 3.59. The summed E-state index contributed by atoms with van der Waals surface area (Å²) >= 11 is 3.31. The molecule has 0 radical (unpaired) electrons. The van der Waals surface area contributed by atoms with Gasteiger partial charge in [-0.15, -0.1) is 0 Å². The normalized spacial score (nSPS) is 11.3. The summed E-state index contributed by atoms with van der Waals surface area (Å²) in [5.41, 5.74) is 1.60. The topological polar surface area (TPSA) is 84.5 Å². The number of amides is 2. The molecule has 2 amide bonds. The van der Waals surface area contributed by atoms with Crippen LogP contribution in [0.25, 0.3) is 0 Å². The molecule has 0 aromatic heterocycles. The number of esters is 1. The quantitative estimate of drug-likeness (QED) is 0.624.